The van der Waals surface area contributed by atoms with E-state index < -0.39 is 5.60 Å². The lowest BCUT2D eigenvalue weighted by Gasteiger charge is -2.24. The third-order valence-electron chi connectivity index (χ3n) is 3.86. The van der Waals surface area contributed by atoms with Gasteiger partial charge < -0.3 is 9.64 Å². The topological polar surface area (TPSA) is 29.5 Å². The van der Waals surface area contributed by atoms with Gasteiger partial charge in [0.1, 0.15) is 5.60 Å². The van der Waals surface area contributed by atoms with Crippen LogP contribution in [0.5, 0.6) is 0 Å². The van der Waals surface area contributed by atoms with Crippen molar-refractivity contribution >= 4 is 6.09 Å². The molecule has 3 heteroatoms. The molecule has 0 bridgehead atoms. The molecular weight excluding hydrogens is 262 g/mol. The van der Waals surface area contributed by atoms with Crippen LogP contribution in [-0.2, 0) is 11.2 Å². The summed E-state index contributed by atoms with van der Waals surface area (Å²) >= 11 is 0. The Morgan fingerprint density at radius 2 is 2.00 bits per heavy atom. The number of hydrogen-bond donors (Lipinski definition) is 0. The van der Waals surface area contributed by atoms with Crippen molar-refractivity contribution < 1.29 is 9.53 Å². The number of carbonyl (C=O) groups excluding carboxylic acids is 1. The van der Waals surface area contributed by atoms with Crippen molar-refractivity contribution in [1.29, 1.82) is 0 Å². The number of ether oxygens (including phenoxy) is 1. The molecule has 1 aliphatic heterocycles. The molecule has 0 saturated carbocycles. The Balaban J connectivity index is 1.69. The molecule has 1 aromatic rings. The fourth-order valence-corrected chi connectivity index (χ4v) is 2.80. The van der Waals surface area contributed by atoms with Crippen LogP contribution in [-0.4, -0.2) is 29.7 Å². The normalized spacial score (nSPS) is 18.8. The predicted molar refractivity (Wildman–Crippen MR) is 85.3 cm³/mol. The zero-order valence-corrected chi connectivity index (χ0v) is 13.5. The van der Waals surface area contributed by atoms with E-state index in [9.17, 15) is 4.79 Å². The maximum atomic E-state index is 12.0. The average Bonchev–Trinajstić information content (AvgIpc) is 2.87. The summed E-state index contributed by atoms with van der Waals surface area (Å²) in [6, 6.07) is 10.6. The minimum Gasteiger partial charge on any atom is -0.444 e. The number of aryl methyl sites for hydroxylation is 1. The summed E-state index contributed by atoms with van der Waals surface area (Å²) in [5.41, 5.74) is 1.00. The first-order valence-corrected chi connectivity index (χ1v) is 7.96. The molecule has 1 aromatic carbocycles. The van der Waals surface area contributed by atoms with Crippen LogP contribution in [0.2, 0.25) is 0 Å². The van der Waals surface area contributed by atoms with Crippen molar-refractivity contribution in [2.75, 3.05) is 13.1 Å². The van der Waals surface area contributed by atoms with Gasteiger partial charge in [-0.1, -0.05) is 30.3 Å². The summed E-state index contributed by atoms with van der Waals surface area (Å²) in [6.07, 6.45) is 4.45. The molecular formula is C18H27NO2. The van der Waals surface area contributed by atoms with Gasteiger partial charge in [-0.2, -0.15) is 0 Å². The van der Waals surface area contributed by atoms with Crippen LogP contribution >= 0.6 is 0 Å². The van der Waals surface area contributed by atoms with Gasteiger partial charge in [-0.25, -0.2) is 4.79 Å². The van der Waals surface area contributed by atoms with Gasteiger partial charge in [0.05, 0.1) is 0 Å². The molecule has 1 fully saturated rings. The number of benzene rings is 1. The maximum Gasteiger partial charge on any atom is 0.410 e. The highest BCUT2D eigenvalue weighted by Crippen LogP contribution is 2.23. The van der Waals surface area contributed by atoms with Crippen molar-refractivity contribution in [3.63, 3.8) is 0 Å². The van der Waals surface area contributed by atoms with Crippen molar-refractivity contribution in [2.45, 2.75) is 52.1 Å². The Labute approximate surface area is 128 Å². The Bertz CT molecular complexity index is 450. The van der Waals surface area contributed by atoms with Crippen LogP contribution in [0.3, 0.4) is 0 Å². The summed E-state index contributed by atoms with van der Waals surface area (Å²) in [5.74, 6) is 0.626. The van der Waals surface area contributed by atoms with Gasteiger partial charge in [-0.3, -0.25) is 0 Å². The van der Waals surface area contributed by atoms with Gasteiger partial charge in [-0.15, -0.1) is 0 Å². The SMILES string of the molecule is CC(C)(C)OC(=O)N1CC[C@H](CCCc2ccccc2)C1. The lowest BCUT2D eigenvalue weighted by atomic mass is 9.99. The monoisotopic (exact) mass is 289 g/mol. The fourth-order valence-electron chi connectivity index (χ4n) is 2.80. The quantitative estimate of drug-likeness (QED) is 0.828. The molecule has 21 heavy (non-hydrogen) atoms. The molecule has 1 aliphatic rings. The van der Waals surface area contributed by atoms with Gasteiger partial charge >= 0.3 is 6.09 Å². The highest BCUT2D eigenvalue weighted by Gasteiger charge is 2.29. The molecule has 0 unspecified atom stereocenters. The predicted octanol–water partition coefficient (Wildman–Crippen LogP) is 4.27. The molecule has 0 radical (unpaired) electrons. The van der Waals surface area contributed by atoms with E-state index in [0.29, 0.717) is 5.92 Å². The second kappa shape index (κ2) is 6.97. The molecule has 1 atom stereocenters. The Morgan fingerprint density at radius 1 is 1.29 bits per heavy atom. The van der Waals surface area contributed by atoms with Gasteiger partial charge in [0.15, 0.2) is 0 Å². The van der Waals surface area contributed by atoms with E-state index in [1.807, 2.05) is 25.7 Å². The van der Waals surface area contributed by atoms with Crippen molar-refractivity contribution in [1.82, 2.24) is 4.90 Å². The number of nitrogens with zero attached hydrogens (tertiary/aromatic N) is 1. The minimum atomic E-state index is -0.400. The van der Waals surface area contributed by atoms with E-state index >= 15 is 0 Å². The zero-order chi connectivity index (χ0) is 15.3. The van der Waals surface area contributed by atoms with Crippen molar-refractivity contribution in [2.24, 2.45) is 5.92 Å². The van der Waals surface area contributed by atoms with E-state index in [-0.39, 0.29) is 6.09 Å². The van der Waals surface area contributed by atoms with Gasteiger partial charge in [0.25, 0.3) is 0 Å². The summed E-state index contributed by atoms with van der Waals surface area (Å²) in [5, 5.41) is 0. The number of carbonyl (C=O) groups is 1. The first kappa shape index (κ1) is 15.9. The highest BCUT2D eigenvalue weighted by molar-refractivity contribution is 5.68. The molecule has 1 saturated heterocycles. The van der Waals surface area contributed by atoms with Gasteiger partial charge in [0, 0.05) is 13.1 Å². The van der Waals surface area contributed by atoms with Crippen LogP contribution in [0.4, 0.5) is 4.79 Å². The number of rotatable bonds is 4. The number of amides is 1. The zero-order valence-electron chi connectivity index (χ0n) is 13.5. The molecule has 3 nitrogen and oxygen atoms in total. The highest BCUT2D eigenvalue weighted by atomic mass is 16.6. The first-order valence-electron chi connectivity index (χ1n) is 7.96. The van der Waals surface area contributed by atoms with Crippen LogP contribution in [0.1, 0.15) is 45.6 Å². The van der Waals surface area contributed by atoms with Crippen LogP contribution < -0.4 is 0 Å². The summed E-state index contributed by atoms with van der Waals surface area (Å²) in [6.45, 7) is 7.43. The molecule has 0 aromatic heterocycles. The van der Waals surface area contributed by atoms with E-state index in [1.54, 1.807) is 0 Å². The largest absolute Gasteiger partial charge is 0.444 e. The number of hydrogen-bond acceptors (Lipinski definition) is 2. The number of likely N-dealkylation sites (tertiary alicyclic amines) is 1. The molecule has 1 heterocycles. The lowest BCUT2D eigenvalue weighted by molar-refractivity contribution is 0.0287. The second-order valence-corrected chi connectivity index (χ2v) is 6.96. The average molecular weight is 289 g/mol. The third kappa shape index (κ3) is 5.41. The first-order chi connectivity index (χ1) is 9.94. The standard InChI is InChI=1S/C18H27NO2/c1-18(2,3)21-17(20)19-13-12-16(14-19)11-7-10-15-8-5-4-6-9-15/h4-6,8-9,16H,7,10-14H2,1-3H3/t16-/m0/s1. The van der Waals surface area contributed by atoms with Crippen LogP contribution in [0.15, 0.2) is 30.3 Å². The van der Waals surface area contributed by atoms with Gasteiger partial charge in [0.2, 0.25) is 0 Å². The molecule has 0 aliphatic carbocycles. The van der Waals surface area contributed by atoms with E-state index in [1.165, 1.54) is 18.4 Å². The lowest BCUT2D eigenvalue weighted by Crippen LogP contribution is -2.35. The summed E-state index contributed by atoms with van der Waals surface area (Å²) in [4.78, 5) is 13.9. The molecule has 0 N–H and O–H groups in total. The van der Waals surface area contributed by atoms with E-state index in [0.717, 1.165) is 25.9 Å². The molecule has 116 valence electrons. The van der Waals surface area contributed by atoms with Crippen molar-refractivity contribution in [3.05, 3.63) is 35.9 Å². The van der Waals surface area contributed by atoms with Crippen LogP contribution in [0, 0.1) is 5.92 Å². The van der Waals surface area contributed by atoms with Crippen LogP contribution in [0.25, 0.3) is 0 Å². The van der Waals surface area contributed by atoms with Crippen molar-refractivity contribution in [3.8, 4) is 0 Å². The maximum absolute atomic E-state index is 12.0. The fraction of sp³-hybridized carbons (Fsp3) is 0.611. The van der Waals surface area contributed by atoms with E-state index in [4.69, 9.17) is 4.74 Å². The molecule has 1 amide bonds. The van der Waals surface area contributed by atoms with E-state index in [2.05, 4.69) is 30.3 Å². The molecule has 2 rings (SSSR count). The minimum absolute atomic E-state index is 0.159. The van der Waals surface area contributed by atoms with Gasteiger partial charge in [-0.05, 0) is 57.9 Å². The third-order valence-corrected chi connectivity index (χ3v) is 3.86. The molecule has 0 spiro atoms. The Hall–Kier alpha value is -1.51. The summed E-state index contributed by atoms with van der Waals surface area (Å²) < 4.78 is 5.43. The Kier molecular flexibility index (Phi) is 5.27. The smallest absolute Gasteiger partial charge is 0.410 e. The second-order valence-electron chi connectivity index (χ2n) is 6.96. The Morgan fingerprint density at radius 3 is 2.67 bits per heavy atom. The summed E-state index contributed by atoms with van der Waals surface area (Å²) in [7, 11) is 0.